The summed E-state index contributed by atoms with van der Waals surface area (Å²) >= 11 is 0. The van der Waals surface area contributed by atoms with E-state index in [1.807, 2.05) is 0 Å². The van der Waals surface area contributed by atoms with Crippen LogP contribution in [0.1, 0.15) is 26.3 Å². The monoisotopic (exact) mass is 376 g/mol. The van der Waals surface area contributed by atoms with Crippen LogP contribution in [-0.2, 0) is 9.53 Å². The molecule has 0 aliphatic heterocycles. The largest absolute Gasteiger partial charge is 0.493 e. The van der Waals surface area contributed by atoms with Gasteiger partial charge in [0.15, 0.2) is 17.5 Å². The molecular formula is C19H24N2O6. The van der Waals surface area contributed by atoms with Crippen LogP contribution in [-0.4, -0.2) is 43.7 Å². The Morgan fingerprint density at radius 2 is 1.70 bits per heavy atom. The molecule has 0 saturated heterocycles. The third-order valence-electron chi connectivity index (χ3n) is 4.03. The van der Waals surface area contributed by atoms with E-state index in [9.17, 15) is 9.59 Å². The molecule has 0 unspecified atom stereocenters. The molecule has 0 saturated carbocycles. The Hall–Kier alpha value is -3.03. The molecular weight excluding hydrogens is 352 g/mol. The number of esters is 1. The molecule has 0 bridgehead atoms. The smallest absolute Gasteiger partial charge is 0.331 e. The van der Waals surface area contributed by atoms with E-state index in [0.717, 1.165) is 4.68 Å². The SMILES string of the molecule is CCOC(=O)[C@H](CC)n1nc(-c2cc(OC)c(OC)c(OC)c2)ccc1=O. The first-order valence-corrected chi connectivity index (χ1v) is 8.57. The summed E-state index contributed by atoms with van der Waals surface area (Å²) in [6.45, 7) is 3.74. The van der Waals surface area contributed by atoms with Crippen molar-refractivity contribution in [3.8, 4) is 28.5 Å². The first-order valence-electron chi connectivity index (χ1n) is 8.57. The fraction of sp³-hybridized carbons (Fsp3) is 0.421. The van der Waals surface area contributed by atoms with Gasteiger partial charge in [0, 0.05) is 11.6 Å². The maximum Gasteiger partial charge on any atom is 0.331 e. The number of hydrogen-bond donors (Lipinski definition) is 0. The second-order valence-electron chi connectivity index (χ2n) is 5.59. The summed E-state index contributed by atoms with van der Waals surface area (Å²) in [6, 6.07) is 5.61. The van der Waals surface area contributed by atoms with Gasteiger partial charge in [-0.2, -0.15) is 5.10 Å². The van der Waals surface area contributed by atoms with E-state index in [-0.39, 0.29) is 12.2 Å². The molecule has 1 atom stereocenters. The Morgan fingerprint density at radius 3 is 2.19 bits per heavy atom. The molecule has 1 aromatic carbocycles. The van der Waals surface area contributed by atoms with Gasteiger partial charge in [0.2, 0.25) is 5.75 Å². The molecule has 0 fully saturated rings. The molecule has 27 heavy (non-hydrogen) atoms. The maximum absolute atomic E-state index is 12.3. The average Bonchev–Trinajstić information content (AvgIpc) is 2.68. The normalized spacial score (nSPS) is 11.6. The van der Waals surface area contributed by atoms with Crippen LogP contribution in [0.5, 0.6) is 17.2 Å². The highest BCUT2D eigenvalue weighted by atomic mass is 16.5. The van der Waals surface area contributed by atoms with E-state index in [1.165, 1.54) is 27.4 Å². The highest BCUT2D eigenvalue weighted by Crippen LogP contribution is 2.40. The van der Waals surface area contributed by atoms with Gasteiger partial charge < -0.3 is 18.9 Å². The minimum Gasteiger partial charge on any atom is -0.493 e. The van der Waals surface area contributed by atoms with Gasteiger partial charge >= 0.3 is 5.97 Å². The lowest BCUT2D eigenvalue weighted by Gasteiger charge is -2.17. The minimum atomic E-state index is -0.792. The lowest BCUT2D eigenvalue weighted by atomic mass is 10.1. The fourth-order valence-electron chi connectivity index (χ4n) is 2.71. The topological polar surface area (TPSA) is 88.9 Å². The van der Waals surface area contributed by atoms with Crippen molar-refractivity contribution < 1.29 is 23.7 Å². The van der Waals surface area contributed by atoms with Gasteiger partial charge in [-0.05, 0) is 31.5 Å². The number of carbonyl (C=O) groups is 1. The van der Waals surface area contributed by atoms with E-state index in [0.29, 0.717) is 34.9 Å². The highest BCUT2D eigenvalue weighted by Gasteiger charge is 2.23. The summed E-state index contributed by atoms with van der Waals surface area (Å²) in [7, 11) is 4.55. The Balaban J connectivity index is 2.58. The van der Waals surface area contributed by atoms with Crippen molar-refractivity contribution in [2.45, 2.75) is 26.3 Å². The van der Waals surface area contributed by atoms with Crippen LogP contribution >= 0.6 is 0 Å². The molecule has 146 valence electrons. The number of rotatable bonds is 8. The summed E-state index contributed by atoms with van der Waals surface area (Å²) in [5, 5.41) is 4.37. The lowest BCUT2D eigenvalue weighted by molar-refractivity contribution is -0.147. The van der Waals surface area contributed by atoms with E-state index in [2.05, 4.69) is 5.10 Å². The van der Waals surface area contributed by atoms with Crippen molar-refractivity contribution in [1.82, 2.24) is 9.78 Å². The third kappa shape index (κ3) is 4.21. The van der Waals surface area contributed by atoms with Gasteiger partial charge in [0.1, 0.15) is 0 Å². The molecule has 0 radical (unpaired) electrons. The number of hydrogen-bond acceptors (Lipinski definition) is 7. The number of aromatic nitrogens is 2. The van der Waals surface area contributed by atoms with Crippen molar-refractivity contribution in [2.75, 3.05) is 27.9 Å². The van der Waals surface area contributed by atoms with Gasteiger partial charge in [0.25, 0.3) is 5.56 Å². The zero-order valence-electron chi connectivity index (χ0n) is 16.1. The molecule has 2 rings (SSSR count). The number of methoxy groups -OCH3 is 3. The van der Waals surface area contributed by atoms with Crippen molar-refractivity contribution in [3.05, 3.63) is 34.6 Å². The molecule has 1 aromatic heterocycles. The molecule has 0 aliphatic carbocycles. The molecule has 8 heteroatoms. The van der Waals surface area contributed by atoms with Gasteiger partial charge in [-0.15, -0.1) is 0 Å². The number of ether oxygens (including phenoxy) is 4. The fourth-order valence-corrected chi connectivity index (χ4v) is 2.71. The number of carbonyl (C=O) groups excluding carboxylic acids is 1. The summed E-state index contributed by atoms with van der Waals surface area (Å²) in [5.41, 5.74) is 0.750. The van der Waals surface area contributed by atoms with Crippen molar-refractivity contribution in [1.29, 1.82) is 0 Å². The Kier molecular flexibility index (Phi) is 6.81. The van der Waals surface area contributed by atoms with Crippen LogP contribution in [0.3, 0.4) is 0 Å². The minimum absolute atomic E-state index is 0.233. The van der Waals surface area contributed by atoms with Crippen molar-refractivity contribution in [3.63, 3.8) is 0 Å². The molecule has 0 aliphatic rings. The van der Waals surface area contributed by atoms with Crippen molar-refractivity contribution >= 4 is 5.97 Å². The predicted molar refractivity (Wildman–Crippen MR) is 99.6 cm³/mol. The van der Waals surface area contributed by atoms with Crippen LogP contribution in [0.25, 0.3) is 11.3 Å². The number of nitrogens with zero attached hydrogens (tertiary/aromatic N) is 2. The molecule has 8 nitrogen and oxygen atoms in total. The standard InChI is InChI=1S/C19H24N2O6/c1-6-14(19(23)27-7-2)21-17(22)9-8-13(20-21)12-10-15(24-3)18(26-5)16(11-12)25-4/h8-11,14H,6-7H2,1-5H3/t14-/m0/s1. The summed E-state index contributed by atoms with van der Waals surface area (Å²) in [4.78, 5) is 24.5. The van der Waals surface area contributed by atoms with Crippen LogP contribution in [0, 0.1) is 0 Å². The second kappa shape index (κ2) is 9.07. The van der Waals surface area contributed by atoms with Crippen LogP contribution in [0.2, 0.25) is 0 Å². The Labute approximate surface area is 157 Å². The van der Waals surface area contributed by atoms with Gasteiger partial charge in [0.05, 0.1) is 33.6 Å². The molecule has 0 amide bonds. The highest BCUT2D eigenvalue weighted by molar-refractivity contribution is 5.74. The molecule has 2 aromatic rings. The quantitative estimate of drug-likeness (QED) is 0.654. The van der Waals surface area contributed by atoms with E-state index in [1.54, 1.807) is 32.0 Å². The Bertz CT molecular complexity index is 837. The summed E-state index contributed by atoms with van der Waals surface area (Å²) < 4.78 is 22.2. The van der Waals surface area contributed by atoms with Crippen LogP contribution in [0.4, 0.5) is 0 Å². The first kappa shape index (κ1) is 20.3. The summed E-state index contributed by atoms with van der Waals surface area (Å²) in [6.07, 6.45) is 0.379. The van der Waals surface area contributed by atoms with Gasteiger partial charge in [-0.1, -0.05) is 6.92 Å². The average molecular weight is 376 g/mol. The van der Waals surface area contributed by atoms with Crippen LogP contribution in [0.15, 0.2) is 29.1 Å². The number of benzene rings is 1. The summed E-state index contributed by atoms with van der Waals surface area (Å²) in [5.74, 6) is 0.888. The van der Waals surface area contributed by atoms with Crippen LogP contribution < -0.4 is 19.8 Å². The van der Waals surface area contributed by atoms with Gasteiger partial charge in [-0.25, -0.2) is 9.48 Å². The molecule has 0 N–H and O–H groups in total. The van der Waals surface area contributed by atoms with E-state index >= 15 is 0 Å². The maximum atomic E-state index is 12.3. The molecule has 1 heterocycles. The Morgan fingerprint density at radius 1 is 1.07 bits per heavy atom. The first-order chi connectivity index (χ1) is 13.0. The third-order valence-corrected chi connectivity index (χ3v) is 4.03. The molecule has 0 spiro atoms. The van der Waals surface area contributed by atoms with Crippen molar-refractivity contribution in [2.24, 2.45) is 0 Å². The zero-order chi connectivity index (χ0) is 20.0. The van der Waals surface area contributed by atoms with E-state index < -0.39 is 12.0 Å². The predicted octanol–water partition coefficient (Wildman–Crippen LogP) is 2.45. The van der Waals surface area contributed by atoms with Gasteiger partial charge in [-0.3, -0.25) is 4.79 Å². The lowest BCUT2D eigenvalue weighted by Crippen LogP contribution is -2.32. The second-order valence-corrected chi connectivity index (χ2v) is 5.59. The zero-order valence-corrected chi connectivity index (χ0v) is 16.1. The van der Waals surface area contributed by atoms with E-state index in [4.69, 9.17) is 18.9 Å².